The van der Waals surface area contributed by atoms with E-state index < -0.39 is 0 Å². The van der Waals surface area contributed by atoms with Crippen molar-refractivity contribution in [2.45, 2.75) is 39.7 Å². The molecule has 84 valence electrons. The Morgan fingerprint density at radius 3 is 2.67 bits per heavy atom. The number of hydrogen-bond donors (Lipinski definition) is 1. The Balaban J connectivity index is 2.72. The summed E-state index contributed by atoms with van der Waals surface area (Å²) >= 11 is 0. The summed E-state index contributed by atoms with van der Waals surface area (Å²) in [6.07, 6.45) is 7.64. The molecular formula is C12H21N3. The van der Waals surface area contributed by atoms with Crippen molar-refractivity contribution in [3.8, 4) is 0 Å². The molecule has 1 N–H and O–H groups in total. The van der Waals surface area contributed by atoms with Crippen molar-refractivity contribution < 1.29 is 0 Å². The van der Waals surface area contributed by atoms with Gasteiger partial charge in [-0.05, 0) is 18.9 Å². The van der Waals surface area contributed by atoms with Gasteiger partial charge < -0.3 is 5.32 Å². The van der Waals surface area contributed by atoms with E-state index >= 15 is 0 Å². The first-order valence-electron chi connectivity index (χ1n) is 5.78. The summed E-state index contributed by atoms with van der Waals surface area (Å²) in [4.78, 5) is 8.50. The molecule has 0 bridgehead atoms. The van der Waals surface area contributed by atoms with E-state index in [2.05, 4.69) is 36.1 Å². The van der Waals surface area contributed by atoms with Crippen molar-refractivity contribution in [3.63, 3.8) is 0 Å². The van der Waals surface area contributed by atoms with Crippen molar-refractivity contribution in [1.82, 2.24) is 15.3 Å². The molecule has 2 atom stereocenters. The Bertz CT molecular complexity index is 261. The van der Waals surface area contributed by atoms with Gasteiger partial charge in [0.2, 0.25) is 0 Å². The summed E-state index contributed by atoms with van der Waals surface area (Å²) in [7, 11) is 0. The summed E-state index contributed by atoms with van der Waals surface area (Å²) in [6.45, 7) is 7.67. The highest BCUT2D eigenvalue weighted by molar-refractivity contribution is 5.03. The minimum absolute atomic E-state index is 0.337. The quantitative estimate of drug-likeness (QED) is 0.779. The van der Waals surface area contributed by atoms with Crippen LogP contribution in [0, 0.1) is 5.92 Å². The van der Waals surface area contributed by atoms with Gasteiger partial charge in [-0.25, -0.2) is 0 Å². The van der Waals surface area contributed by atoms with Gasteiger partial charge in [-0.3, -0.25) is 9.97 Å². The zero-order valence-corrected chi connectivity index (χ0v) is 9.90. The number of hydrogen-bond acceptors (Lipinski definition) is 3. The average Bonchev–Trinajstić information content (AvgIpc) is 2.30. The van der Waals surface area contributed by atoms with E-state index in [0.717, 1.165) is 25.1 Å². The Kier molecular flexibility index (Phi) is 5.26. The fourth-order valence-electron chi connectivity index (χ4n) is 1.60. The maximum Gasteiger partial charge on any atom is 0.0758 e. The second-order valence-electron chi connectivity index (χ2n) is 3.95. The van der Waals surface area contributed by atoms with Gasteiger partial charge in [0, 0.05) is 18.6 Å². The molecule has 3 nitrogen and oxygen atoms in total. The third kappa shape index (κ3) is 3.59. The van der Waals surface area contributed by atoms with Crippen molar-refractivity contribution in [2.75, 3.05) is 6.54 Å². The van der Waals surface area contributed by atoms with Gasteiger partial charge in [-0.15, -0.1) is 0 Å². The molecule has 0 spiro atoms. The molecule has 1 aromatic rings. The zero-order valence-electron chi connectivity index (χ0n) is 9.90. The molecule has 0 aliphatic heterocycles. The third-order valence-electron chi connectivity index (χ3n) is 2.73. The highest BCUT2D eigenvalue weighted by Crippen LogP contribution is 2.21. The minimum Gasteiger partial charge on any atom is -0.308 e. The lowest BCUT2D eigenvalue weighted by molar-refractivity contribution is 0.369. The molecule has 1 heterocycles. The van der Waals surface area contributed by atoms with Crippen LogP contribution < -0.4 is 5.32 Å². The smallest absolute Gasteiger partial charge is 0.0758 e. The first-order chi connectivity index (χ1) is 7.29. The van der Waals surface area contributed by atoms with Crippen LogP contribution in [-0.4, -0.2) is 16.5 Å². The van der Waals surface area contributed by atoms with E-state index in [9.17, 15) is 0 Å². The molecule has 0 amide bonds. The highest BCUT2D eigenvalue weighted by atomic mass is 15.0. The molecular weight excluding hydrogens is 186 g/mol. The SMILES string of the molecule is CCCNC(c1cnccn1)C(C)CC. The van der Waals surface area contributed by atoms with Crippen LogP contribution in [0.25, 0.3) is 0 Å². The molecule has 0 aromatic carbocycles. The lowest BCUT2D eigenvalue weighted by atomic mass is 9.96. The summed E-state index contributed by atoms with van der Waals surface area (Å²) in [5.74, 6) is 0.591. The molecule has 0 saturated heterocycles. The number of nitrogens with zero attached hydrogens (tertiary/aromatic N) is 2. The van der Waals surface area contributed by atoms with Crippen molar-refractivity contribution in [3.05, 3.63) is 24.3 Å². The van der Waals surface area contributed by atoms with E-state index in [1.807, 2.05) is 6.20 Å². The molecule has 0 fully saturated rings. The topological polar surface area (TPSA) is 37.8 Å². The fourth-order valence-corrected chi connectivity index (χ4v) is 1.60. The van der Waals surface area contributed by atoms with Crippen LogP contribution in [0.2, 0.25) is 0 Å². The molecule has 0 saturated carbocycles. The molecule has 0 radical (unpaired) electrons. The first-order valence-corrected chi connectivity index (χ1v) is 5.78. The number of nitrogens with one attached hydrogen (secondary N) is 1. The maximum atomic E-state index is 4.38. The van der Waals surface area contributed by atoms with Crippen LogP contribution in [0.1, 0.15) is 45.3 Å². The third-order valence-corrected chi connectivity index (χ3v) is 2.73. The molecule has 1 aromatic heterocycles. The number of rotatable bonds is 6. The molecule has 0 aliphatic carbocycles. The predicted molar refractivity (Wildman–Crippen MR) is 62.5 cm³/mol. The highest BCUT2D eigenvalue weighted by Gasteiger charge is 2.18. The molecule has 1 rings (SSSR count). The molecule has 2 unspecified atom stereocenters. The van der Waals surface area contributed by atoms with E-state index in [1.165, 1.54) is 0 Å². The summed E-state index contributed by atoms with van der Waals surface area (Å²) in [6, 6.07) is 0.337. The Labute approximate surface area is 92.3 Å². The lowest BCUT2D eigenvalue weighted by Gasteiger charge is -2.23. The Morgan fingerprint density at radius 1 is 1.33 bits per heavy atom. The van der Waals surface area contributed by atoms with Crippen LogP contribution in [0.5, 0.6) is 0 Å². The second kappa shape index (κ2) is 6.51. The van der Waals surface area contributed by atoms with E-state index in [0.29, 0.717) is 12.0 Å². The molecule has 15 heavy (non-hydrogen) atoms. The van der Waals surface area contributed by atoms with Gasteiger partial charge in [0.05, 0.1) is 11.7 Å². The Morgan fingerprint density at radius 2 is 2.13 bits per heavy atom. The normalized spacial score (nSPS) is 14.9. The van der Waals surface area contributed by atoms with Crippen molar-refractivity contribution in [1.29, 1.82) is 0 Å². The van der Waals surface area contributed by atoms with E-state index in [4.69, 9.17) is 0 Å². The van der Waals surface area contributed by atoms with Gasteiger partial charge in [-0.1, -0.05) is 27.2 Å². The van der Waals surface area contributed by atoms with Crippen molar-refractivity contribution in [2.24, 2.45) is 5.92 Å². The second-order valence-corrected chi connectivity index (χ2v) is 3.95. The monoisotopic (exact) mass is 207 g/mol. The molecule has 0 aliphatic rings. The van der Waals surface area contributed by atoms with Gasteiger partial charge in [-0.2, -0.15) is 0 Å². The first kappa shape index (κ1) is 12.1. The number of aromatic nitrogens is 2. The lowest BCUT2D eigenvalue weighted by Crippen LogP contribution is -2.28. The van der Waals surface area contributed by atoms with Crippen LogP contribution in [0.3, 0.4) is 0 Å². The fraction of sp³-hybridized carbons (Fsp3) is 0.667. The summed E-state index contributed by atoms with van der Waals surface area (Å²) in [5, 5.41) is 3.53. The zero-order chi connectivity index (χ0) is 11.1. The van der Waals surface area contributed by atoms with Crippen molar-refractivity contribution >= 4 is 0 Å². The van der Waals surface area contributed by atoms with Gasteiger partial charge in [0.1, 0.15) is 0 Å². The standard InChI is InChI=1S/C12H21N3/c1-4-6-15-12(10(3)5-2)11-9-13-7-8-14-11/h7-10,12,15H,4-6H2,1-3H3. The Hall–Kier alpha value is -0.960. The van der Waals surface area contributed by atoms with Crippen LogP contribution >= 0.6 is 0 Å². The molecule has 3 heteroatoms. The van der Waals surface area contributed by atoms with Crippen LogP contribution in [0.15, 0.2) is 18.6 Å². The summed E-state index contributed by atoms with van der Waals surface area (Å²) < 4.78 is 0. The minimum atomic E-state index is 0.337. The van der Waals surface area contributed by atoms with Crippen LogP contribution in [-0.2, 0) is 0 Å². The average molecular weight is 207 g/mol. The van der Waals surface area contributed by atoms with Gasteiger partial charge in [0.25, 0.3) is 0 Å². The maximum absolute atomic E-state index is 4.38. The van der Waals surface area contributed by atoms with E-state index in [1.54, 1.807) is 12.4 Å². The predicted octanol–water partition coefficient (Wildman–Crippen LogP) is 2.56. The largest absolute Gasteiger partial charge is 0.308 e. The van der Waals surface area contributed by atoms with Gasteiger partial charge >= 0.3 is 0 Å². The summed E-state index contributed by atoms with van der Waals surface area (Å²) in [5.41, 5.74) is 1.06. The van der Waals surface area contributed by atoms with Gasteiger partial charge in [0.15, 0.2) is 0 Å². The van der Waals surface area contributed by atoms with E-state index in [-0.39, 0.29) is 0 Å². The van der Waals surface area contributed by atoms with Crippen LogP contribution in [0.4, 0.5) is 0 Å².